The second kappa shape index (κ2) is 9.54. The number of thiophene rings is 1. The van der Waals surface area contributed by atoms with Crippen molar-refractivity contribution < 1.29 is 19.0 Å². The Kier molecular flexibility index (Phi) is 6.55. The average molecular weight is 466 g/mol. The number of hydrogen-bond donors (Lipinski definition) is 2. The van der Waals surface area contributed by atoms with Gasteiger partial charge in [0, 0.05) is 27.8 Å². The summed E-state index contributed by atoms with van der Waals surface area (Å²) in [6.07, 6.45) is 2.20. The lowest BCUT2D eigenvalue weighted by atomic mass is 10.1. The van der Waals surface area contributed by atoms with Crippen LogP contribution >= 0.6 is 11.3 Å². The molecule has 2 aromatic heterocycles. The Labute approximate surface area is 195 Å². The van der Waals surface area contributed by atoms with Crippen LogP contribution in [0.1, 0.15) is 33.3 Å². The fraction of sp³-hybridized carbons (Fsp3) is 0.240. The summed E-state index contributed by atoms with van der Waals surface area (Å²) >= 11 is 1.69. The highest BCUT2D eigenvalue weighted by Gasteiger charge is 2.14. The third-order valence-electron chi connectivity index (χ3n) is 5.40. The molecule has 0 aliphatic carbocycles. The molecule has 0 spiro atoms. The SMILES string of the molecule is CCOc1cc(-c2cc(NCCc3c(C)sc4c(C)cc(F)cc34)ncn2)ccc1C(=O)O. The first-order valence-electron chi connectivity index (χ1n) is 10.6. The van der Waals surface area contributed by atoms with Gasteiger partial charge in [-0.25, -0.2) is 19.2 Å². The third kappa shape index (κ3) is 4.80. The van der Waals surface area contributed by atoms with E-state index < -0.39 is 5.97 Å². The lowest BCUT2D eigenvalue weighted by Crippen LogP contribution is -2.07. The Morgan fingerprint density at radius 2 is 2.00 bits per heavy atom. The van der Waals surface area contributed by atoms with E-state index in [1.165, 1.54) is 17.3 Å². The number of rotatable bonds is 8. The molecule has 2 N–H and O–H groups in total. The highest BCUT2D eigenvalue weighted by Crippen LogP contribution is 2.34. The van der Waals surface area contributed by atoms with Crippen LogP contribution in [0.5, 0.6) is 5.75 Å². The molecule has 4 aromatic rings. The van der Waals surface area contributed by atoms with Crippen LogP contribution < -0.4 is 10.1 Å². The van der Waals surface area contributed by atoms with Crippen molar-refractivity contribution >= 4 is 33.2 Å². The van der Waals surface area contributed by atoms with E-state index in [-0.39, 0.29) is 11.4 Å². The van der Waals surface area contributed by atoms with Gasteiger partial charge in [-0.05, 0) is 68.0 Å². The first-order valence-corrected chi connectivity index (χ1v) is 11.4. The second-order valence-corrected chi connectivity index (χ2v) is 8.88. The molecular formula is C25H24FN3O3S. The molecule has 0 saturated carbocycles. The standard InChI is InChI=1S/C25H24FN3O3S/c1-4-32-22-10-16(5-6-19(22)25(30)31)21-12-23(29-13-28-21)27-8-7-18-15(3)33-24-14(2)9-17(26)11-20(18)24/h5-6,9-13H,4,7-8H2,1-3H3,(H,30,31)(H,27,28,29). The molecule has 0 amide bonds. The predicted molar refractivity (Wildman–Crippen MR) is 129 cm³/mol. The van der Waals surface area contributed by atoms with Gasteiger partial charge < -0.3 is 15.2 Å². The van der Waals surface area contributed by atoms with E-state index in [0.717, 1.165) is 33.2 Å². The highest BCUT2D eigenvalue weighted by molar-refractivity contribution is 7.19. The number of ether oxygens (including phenoxy) is 1. The molecule has 4 rings (SSSR count). The fourth-order valence-corrected chi connectivity index (χ4v) is 5.02. The summed E-state index contributed by atoms with van der Waals surface area (Å²) in [6.45, 7) is 6.79. The number of aromatic carboxylic acids is 1. The number of fused-ring (bicyclic) bond motifs is 1. The Hall–Kier alpha value is -3.52. The van der Waals surface area contributed by atoms with Gasteiger partial charge in [-0.2, -0.15) is 0 Å². The van der Waals surface area contributed by atoms with Gasteiger partial charge in [0.05, 0.1) is 12.3 Å². The van der Waals surface area contributed by atoms with Crippen LogP contribution in [0.3, 0.4) is 0 Å². The number of carbonyl (C=O) groups is 1. The Morgan fingerprint density at radius 1 is 1.18 bits per heavy atom. The zero-order chi connectivity index (χ0) is 23.5. The number of benzene rings is 2. The highest BCUT2D eigenvalue weighted by atomic mass is 32.1. The van der Waals surface area contributed by atoms with E-state index in [4.69, 9.17) is 4.74 Å². The summed E-state index contributed by atoms with van der Waals surface area (Å²) in [5.74, 6) is -0.299. The second-order valence-electron chi connectivity index (χ2n) is 7.65. The Balaban J connectivity index is 1.52. The number of aryl methyl sites for hydroxylation is 2. The van der Waals surface area contributed by atoms with E-state index in [1.54, 1.807) is 42.5 Å². The zero-order valence-electron chi connectivity index (χ0n) is 18.6. The van der Waals surface area contributed by atoms with Gasteiger partial charge in [0.2, 0.25) is 0 Å². The molecule has 0 aliphatic rings. The molecule has 0 bridgehead atoms. The number of nitrogens with zero attached hydrogens (tertiary/aromatic N) is 2. The summed E-state index contributed by atoms with van der Waals surface area (Å²) in [6, 6.07) is 9.90. The van der Waals surface area contributed by atoms with Crippen molar-refractivity contribution in [1.29, 1.82) is 0 Å². The number of carboxylic acid groups (broad SMARTS) is 1. The van der Waals surface area contributed by atoms with Crippen molar-refractivity contribution in [3.05, 3.63) is 70.1 Å². The lowest BCUT2D eigenvalue weighted by molar-refractivity contribution is 0.0692. The zero-order valence-corrected chi connectivity index (χ0v) is 19.4. The van der Waals surface area contributed by atoms with Gasteiger partial charge in [0.1, 0.15) is 29.3 Å². The number of carboxylic acids is 1. The minimum absolute atomic E-state index is 0.109. The van der Waals surface area contributed by atoms with E-state index in [9.17, 15) is 14.3 Å². The summed E-state index contributed by atoms with van der Waals surface area (Å²) < 4.78 is 20.6. The van der Waals surface area contributed by atoms with Crippen molar-refractivity contribution in [2.45, 2.75) is 27.2 Å². The summed E-state index contributed by atoms with van der Waals surface area (Å²) in [4.78, 5) is 21.2. The number of hydrogen-bond acceptors (Lipinski definition) is 6. The molecule has 0 fully saturated rings. The molecule has 0 saturated heterocycles. The van der Waals surface area contributed by atoms with Crippen molar-refractivity contribution in [2.75, 3.05) is 18.5 Å². The van der Waals surface area contributed by atoms with Crippen LogP contribution in [0.15, 0.2) is 42.7 Å². The van der Waals surface area contributed by atoms with Gasteiger partial charge in [0.25, 0.3) is 0 Å². The fourth-order valence-electron chi connectivity index (χ4n) is 3.87. The summed E-state index contributed by atoms with van der Waals surface area (Å²) in [5.41, 5.74) is 3.60. The maximum absolute atomic E-state index is 14.0. The predicted octanol–water partition coefficient (Wildman–Crippen LogP) is 5.87. The van der Waals surface area contributed by atoms with Crippen LogP contribution in [-0.2, 0) is 6.42 Å². The minimum Gasteiger partial charge on any atom is -0.493 e. The van der Waals surface area contributed by atoms with E-state index in [2.05, 4.69) is 22.2 Å². The van der Waals surface area contributed by atoms with Crippen molar-refractivity contribution in [1.82, 2.24) is 9.97 Å². The van der Waals surface area contributed by atoms with Gasteiger partial charge in [-0.3, -0.25) is 0 Å². The molecule has 33 heavy (non-hydrogen) atoms. The largest absolute Gasteiger partial charge is 0.493 e. The van der Waals surface area contributed by atoms with Crippen LogP contribution in [0.2, 0.25) is 0 Å². The maximum Gasteiger partial charge on any atom is 0.339 e. The van der Waals surface area contributed by atoms with E-state index in [1.807, 2.05) is 13.0 Å². The normalized spacial score (nSPS) is 11.0. The van der Waals surface area contributed by atoms with Crippen LogP contribution in [0.4, 0.5) is 10.2 Å². The Morgan fingerprint density at radius 3 is 2.76 bits per heavy atom. The number of nitrogens with one attached hydrogen (secondary N) is 1. The average Bonchev–Trinajstić information content (AvgIpc) is 3.10. The van der Waals surface area contributed by atoms with Crippen molar-refractivity contribution in [2.24, 2.45) is 0 Å². The van der Waals surface area contributed by atoms with E-state index >= 15 is 0 Å². The quantitative estimate of drug-likeness (QED) is 0.339. The molecule has 8 heteroatoms. The number of aromatic nitrogens is 2. The van der Waals surface area contributed by atoms with E-state index in [0.29, 0.717) is 30.4 Å². The van der Waals surface area contributed by atoms with Crippen LogP contribution in [-0.4, -0.2) is 34.2 Å². The first-order chi connectivity index (χ1) is 15.9. The van der Waals surface area contributed by atoms with Crippen LogP contribution in [0.25, 0.3) is 21.3 Å². The molecule has 170 valence electrons. The molecule has 2 aromatic carbocycles. The monoisotopic (exact) mass is 465 g/mol. The molecule has 0 atom stereocenters. The maximum atomic E-state index is 14.0. The molecule has 0 unspecified atom stereocenters. The first kappa shape index (κ1) is 22.7. The smallest absolute Gasteiger partial charge is 0.339 e. The number of anilines is 1. The summed E-state index contributed by atoms with van der Waals surface area (Å²) in [7, 11) is 0. The van der Waals surface area contributed by atoms with Gasteiger partial charge >= 0.3 is 5.97 Å². The molecule has 2 heterocycles. The van der Waals surface area contributed by atoms with Crippen molar-refractivity contribution in [3.8, 4) is 17.0 Å². The van der Waals surface area contributed by atoms with Gasteiger partial charge in [-0.15, -0.1) is 11.3 Å². The molecule has 0 radical (unpaired) electrons. The van der Waals surface area contributed by atoms with Crippen LogP contribution in [0, 0.1) is 19.7 Å². The topological polar surface area (TPSA) is 84.3 Å². The third-order valence-corrected chi connectivity index (χ3v) is 6.70. The minimum atomic E-state index is -1.04. The molecule has 0 aliphatic heterocycles. The Bertz CT molecular complexity index is 1340. The lowest BCUT2D eigenvalue weighted by Gasteiger charge is -2.11. The summed E-state index contributed by atoms with van der Waals surface area (Å²) in [5, 5.41) is 13.6. The molecular weight excluding hydrogens is 441 g/mol. The van der Waals surface area contributed by atoms with Gasteiger partial charge in [0.15, 0.2) is 0 Å². The van der Waals surface area contributed by atoms with Gasteiger partial charge in [-0.1, -0.05) is 6.07 Å². The number of halogens is 1. The molecule has 6 nitrogen and oxygen atoms in total. The van der Waals surface area contributed by atoms with Crippen molar-refractivity contribution in [3.63, 3.8) is 0 Å².